The third-order valence-electron chi connectivity index (χ3n) is 5.92. The first-order valence-corrected chi connectivity index (χ1v) is 10.7. The number of fused-ring (bicyclic) bond motifs is 1. The van der Waals surface area contributed by atoms with Crippen molar-refractivity contribution < 1.29 is 10.2 Å². The minimum absolute atomic E-state index is 0.0103. The summed E-state index contributed by atoms with van der Waals surface area (Å²) >= 11 is 0. The molecule has 0 aliphatic carbocycles. The number of aromatic nitrogens is 3. The summed E-state index contributed by atoms with van der Waals surface area (Å²) in [5, 5.41) is 22.2. The molecule has 3 aromatic rings. The number of hydrogen-bond acceptors (Lipinski definition) is 8. The molecule has 8 heteroatoms. The zero-order valence-corrected chi connectivity index (χ0v) is 17.3. The fraction of sp³-hybridized carbons (Fsp3) is 0.348. The van der Waals surface area contributed by atoms with E-state index >= 15 is 0 Å². The summed E-state index contributed by atoms with van der Waals surface area (Å²) in [4.78, 5) is 16.1. The number of rotatable bonds is 5. The SMILES string of the molecule is OC[C@H]1Cc2ccccc2CN1c1nc(NN2CCCC2)nc(-c2cccc(O)c2)n1. The third-order valence-corrected chi connectivity index (χ3v) is 5.92. The van der Waals surface area contributed by atoms with Gasteiger partial charge in [0.2, 0.25) is 11.9 Å². The molecule has 0 amide bonds. The van der Waals surface area contributed by atoms with Crippen molar-refractivity contribution in [3.63, 3.8) is 0 Å². The Labute approximate surface area is 181 Å². The number of aliphatic hydroxyl groups excluding tert-OH is 1. The first kappa shape index (κ1) is 19.7. The van der Waals surface area contributed by atoms with E-state index in [1.807, 2.05) is 23.1 Å². The van der Waals surface area contributed by atoms with Gasteiger partial charge in [0.15, 0.2) is 5.82 Å². The minimum Gasteiger partial charge on any atom is -0.508 e. The Bertz CT molecular complexity index is 1070. The summed E-state index contributed by atoms with van der Waals surface area (Å²) in [5.41, 5.74) is 6.49. The lowest BCUT2D eigenvalue weighted by Crippen LogP contribution is -2.44. The second-order valence-electron chi connectivity index (χ2n) is 8.08. The number of aliphatic hydroxyl groups is 1. The standard InChI is InChI=1S/C23H26N6O2/c30-15-19-12-16-6-1-2-7-18(16)14-29(19)23-25-21(17-8-5-9-20(31)13-17)24-22(26-23)27-28-10-3-4-11-28/h1-2,5-9,13,19,30-31H,3-4,10-12,14-15H2,(H,24,25,26,27)/t19-/m1/s1. The van der Waals surface area contributed by atoms with Gasteiger partial charge in [-0.1, -0.05) is 36.4 Å². The summed E-state index contributed by atoms with van der Waals surface area (Å²) in [6, 6.07) is 15.1. The Morgan fingerprint density at radius 1 is 0.968 bits per heavy atom. The van der Waals surface area contributed by atoms with Gasteiger partial charge in [0.25, 0.3) is 0 Å². The van der Waals surface area contributed by atoms with Gasteiger partial charge < -0.3 is 15.1 Å². The molecule has 0 saturated carbocycles. The molecule has 31 heavy (non-hydrogen) atoms. The van der Waals surface area contributed by atoms with Crippen LogP contribution in [0.5, 0.6) is 5.75 Å². The number of benzene rings is 2. The molecular formula is C23H26N6O2. The number of nitrogens with one attached hydrogen (secondary N) is 1. The van der Waals surface area contributed by atoms with Gasteiger partial charge in [-0.05, 0) is 42.5 Å². The lowest BCUT2D eigenvalue weighted by molar-refractivity contribution is 0.252. The zero-order chi connectivity index (χ0) is 21.2. The number of nitrogens with zero attached hydrogens (tertiary/aromatic N) is 5. The first-order valence-electron chi connectivity index (χ1n) is 10.7. The van der Waals surface area contributed by atoms with Crippen LogP contribution in [0.15, 0.2) is 48.5 Å². The average Bonchev–Trinajstić information content (AvgIpc) is 3.31. The van der Waals surface area contributed by atoms with Crippen molar-refractivity contribution in [3.8, 4) is 17.1 Å². The summed E-state index contributed by atoms with van der Waals surface area (Å²) in [6.45, 7) is 2.52. The van der Waals surface area contributed by atoms with Crippen molar-refractivity contribution >= 4 is 11.9 Å². The fourth-order valence-corrected chi connectivity index (χ4v) is 4.27. The summed E-state index contributed by atoms with van der Waals surface area (Å²) in [7, 11) is 0. The van der Waals surface area contributed by atoms with E-state index in [0.29, 0.717) is 29.8 Å². The Kier molecular flexibility index (Phi) is 5.40. The van der Waals surface area contributed by atoms with Gasteiger partial charge in [-0.3, -0.25) is 5.43 Å². The maximum Gasteiger partial charge on any atom is 0.242 e. The highest BCUT2D eigenvalue weighted by Crippen LogP contribution is 2.29. The van der Waals surface area contributed by atoms with Gasteiger partial charge in [-0.25, -0.2) is 5.01 Å². The van der Waals surface area contributed by atoms with E-state index in [4.69, 9.17) is 9.97 Å². The molecule has 1 atom stereocenters. The molecule has 0 bridgehead atoms. The highest BCUT2D eigenvalue weighted by Gasteiger charge is 2.28. The topological polar surface area (TPSA) is 97.6 Å². The normalized spacial score (nSPS) is 18.7. The van der Waals surface area contributed by atoms with Crippen molar-refractivity contribution in [3.05, 3.63) is 59.7 Å². The number of hydrazine groups is 1. The number of phenolic OH excluding ortho intramolecular Hbond substituents is 1. The van der Waals surface area contributed by atoms with Crippen LogP contribution < -0.4 is 10.3 Å². The Balaban J connectivity index is 1.55. The predicted octanol–water partition coefficient (Wildman–Crippen LogP) is 2.59. The van der Waals surface area contributed by atoms with Crippen LogP contribution in [0.4, 0.5) is 11.9 Å². The lowest BCUT2D eigenvalue weighted by Gasteiger charge is -2.36. The van der Waals surface area contributed by atoms with Crippen molar-refractivity contribution in [1.29, 1.82) is 0 Å². The number of anilines is 2. The number of hydrogen-bond donors (Lipinski definition) is 3. The van der Waals surface area contributed by atoms with Crippen molar-refractivity contribution in [2.45, 2.75) is 31.8 Å². The molecule has 3 heterocycles. The second kappa shape index (κ2) is 8.49. The Morgan fingerprint density at radius 2 is 1.77 bits per heavy atom. The van der Waals surface area contributed by atoms with Crippen LogP contribution in [0.1, 0.15) is 24.0 Å². The quantitative estimate of drug-likeness (QED) is 0.582. The van der Waals surface area contributed by atoms with E-state index in [9.17, 15) is 10.2 Å². The summed E-state index contributed by atoms with van der Waals surface area (Å²) in [5.74, 6) is 1.64. The molecule has 0 unspecified atom stereocenters. The molecule has 2 aromatic carbocycles. The summed E-state index contributed by atoms with van der Waals surface area (Å²) in [6.07, 6.45) is 3.01. The van der Waals surface area contributed by atoms with Crippen LogP contribution in [0.25, 0.3) is 11.4 Å². The van der Waals surface area contributed by atoms with E-state index in [1.54, 1.807) is 18.2 Å². The molecule has 5 rings (SSSR count). The van der Waals surface area contributed by atoms with E-state index in [2.05, 4.69) is 27.6 Å². The van der Waals surface area contributed by atoms with Crippen LogP contribution >= 0.6 is 0 Å². The van der Waals surface area contributed by atoms with E-state index in [-0.39, 0.29) is 18.4 Å². The molecule has 2 aliphatic rings. The van der Waals surface area contributed by atoms with E-state index in [1.165, 1.54) is 11.1 Å². The van der Waals surface area contributed by atoms with Gasteiger partial charge in [0.1, 0.15) is 5.75 Å². The van der Waals surface area contributed by atoms with Crippen LogP contribution in [0, 0.1) is 0 Å². The molecule has 1 fully saturated rings. The first-order chi connectivity index (χ1) is 15.2. The average molecular weight is 419 g/mol. The third kappa shape index (κ3) is 4.17. The molecular weight excluding hydrogens is 392 g/mol. The van der Waals surface area contributed by atoms with E-state index in [0.717, 1.165) is 32.4 Å². The molecule has 0 radical (unpaired) electrons. The van der Waals surface area contributed by atoms with Gasteiger partial charge in [-0.2, -0.15) is 15.0 Å². The second-order valence-corrected chi connectivity index (χ2v) is 8.08. The van der Waals surface area contributed by atoms with Crippen molar-refractivity contribution in [2.75, 3.05) is 30.0 Å². The summed E-state index contributed by atoms with van der Waals surface area (Å²) < 4.78 is 0. The van der Waals surface area contributed by atoms with Crippen LogP contribution in [0.2, 0.25) is 0 Å². The minimum atomic E-state index is -0.117. The Morgan fingerprint density at radius 3 is 2.55 bits per heavy atom. The Hall–Kier alpha value is -3.23. The van der Waals surface area contributed by atoms with Crippen molar-refractivity contribution in [1.82, 2.24) is 20.0 Å². The highest BCUT2D eigenvalue weighted by atomic mass is 16.3. The molecule has 3 N–H and O–H groups in total. The number of phenols is 1. The maximum absolute atomic E-state index is 10.1. The van der Waals surface area contributed by atoms with Gasteiger partial charge >= 0.3 is 0 Å². The predicted molar refractivity (Wildman–Crippen MR) is 119 cm³/mol. The van der Waals surface area contributed by atoms with E-state index < -0.39 is 0 Å². The smallest absolute Gasteiger partial charge is 0.242 e. The van der Waals surface area contributed by atoms with Crippen molar-refractivity contribution in [2.24, 2.45) is 0 Å². The van der Waals surface area contributed by atoms with Crippen LogP contribution in [0.3, 0.4) is 0 Å². The maximum atomic E-state index is 10.1. The molecule has 8 nitrogen and oxygen atoms in total. The molecule has 1 aromatic heterocycles. The molecule has 1 saturated heterocycles. The lowest BCUT2D eigenvalue weighted by atomic mass is 9.94. The largest absolute Gasteiger partial charge is 0.508 e. The zero-order valence-electron chi connectivity index (χ0n) is 17.3. The van der Waals surface area contributed by atoms with Gasteiger partial charge in [-0.15, -0.1) is 0 Å². The monoisotopic (exact) mass is 418 g/mol. The van der Waals surface area contributed by atoms with Gasteiger partial charge in [0.05, 0.1) is 12.6 Å². The molecule has 160 valence electrons. The fourth-order valence-electron chi connectivity index (χ4n) is 4.27. The van der Waals surface area contributed by atoms with Crippen LogP contribution in [-0.4, -0.2) is 55.9 Å². The highest BCUT2D eigenvalue weighted by molar-refractivity contribution is 5.60. The molecule has 0 spiro atoms. The van der Waals surface area contributed by atoms with Gasteiger partial charge in [0, 0.05) is 25.2 Å². The number of aromatic hydroxyl groups is 1. The van der Waals surface area contributed by atoms with Crippen LogP contribution in [-0.2, 0) is 13.0 Å². The molecule has 2 aliphatic heterocycles.